The first kappa shape index (κ1) is 19.4. The third-order valence-electron chi connectivity index (χ3n) is 6.97. The first-order valence-electron chi connectivity index (χ1n) is 10.9. The van der Waals surface area contributed by atoms with Crippen molar-refractivity contribution >= 4 is 5.57 Å². The molecule has 0 amide bonds. The highest BCUT2D eigenvalue weighted by atomic mass is 19.1. The maximum atomic E-state index is 15.0. The Balaban J connectivity index is 1.53. The highest BCUT2D eigenvalue weighted by Crippen LogP contribution is 2.38. The highest BCUT2D eigenvalue weighted by Gasteiger charge is 2.23. The number of aryl methyl sites for hydroxylation is 1. The van der Waals surface area contributed by atoms with Crippen molar-refractivity contribution in [2.75, 3.05) is 0 Å². The van der Waals surface area contributed by atoms with Gasteiger partial charge in [-0.3, -0.25) is 0 Å². The number of fused-ring (bicyclic) bond motifs is 1. The van der Waals surface area contributed by atoms with E-state index in [1.165, 1.54) is 32.1 Å². The van der Waals surface area contributed by atoms with Crippen molar-refractivity contribution in [2.45, 2.75) is 71.1 Å². The number of benzene rings is 2. The molecule has 0 saturated heterocycles. The average Bonchev–Trinajstić information content (AvgIpc) is 2.74. The zero-order chi connectivity index (χ0) is 19.7. The summed E-state index contributed by atoms with van der Waals surface area (Å²) in [5, 5.41) is 0. The first-order chi connectivity index (χ1) is 13.6. The van der Waals surface area contributed by atoms with Gasteiger partial charge in [0, 0.05) is 5.56 Å². The van der Waals surface area contributed by atoms with Crippen LogP contribution in [-0.2, 0) is 19.3 Å². The fraction of sp³-hybridized carbons (Fsp3) is 0.462. The summed E-state index contributed by atoms with van der Waals surface area (Å²) in [6, 6.07) is 9.71. The quantitative estimate of drug-likeness (QED) is 0.518. The zero-order valence-electron chi connectivity index (χ0n) is 17.0. The van der Waals surface area contributed by atoms with Crippen molar-refractivity contribution in [3.05, 3.63) is 75.9 Å². The van der Waals surface area contributed by atoms with Crippen molar-refractivity contribution in [3.8, 4) is 0 Å². The molecular weight excluding hydrogens is 350 g/mol. The van der Waals surface area contributed by atoms with Gasteiger partial charge in [-0.25, -0.2) is 8.78 Å². The summed E-state index contributed by atoms with van der Waals surface area (Å²) in [4.78, 5) is 0. The molecule has 0 heterocycles. The van der Waals surface area contributed by atoms with Crippen molar-refractivity contribution in [1.29, 1.82) is 0 Å². The van der Waals surface area contributed by atoms with Crippen molar-refractivity contribution in [1.82, 2.24) is 0 Å². The van der Waals surface area contributed by atoms with Crippen molar-refractivity contribution < 1.29 is 8.78 Å². The van der Waals surface area contributed by atoms with Gasteiger partial charge in [0.2, 0.25) is 0 Å². The number of hydrogen-bond donors (Lipinski definition) is 0. The second kappa shape index (κ2) is 8.19. The predicted octanol–water partition coefficient (Wildman–Crippen LogP) is 7.39. The van der Waals surface area contributed by atoms with Crippen LogP contribution in [0.5, 0.6) is 0 Å². The van der Waals surface area contributed by atoms with Gasteiger partial charge in [0.1, 0.15) is 11.6 Å². The minimum atomic E-state index is -0.129. The molecule has 28 heavy (non-hydrogen) atoms. The van der Waals surface area contributed by atoms with Gasteiger partial charge in [0.15, 0.2) is 0 Å². The van der Waals surface area contributed by atoms with Crippen LogP contribution < -0.4 is 0 Å². The lowest BCUT2D eigenvalue weighted by atomic mass is 9.77. The van der Waals surface area contributed by atoms with E-state index < -0.39 is 0 Å². The van der Waals surface area contributed by atoms with Gasteiger partial charge in [-0.1, -0.05) is 50.6 Å². The maximum Gasteiger partial charge on any atom is 0.130 e. The van der Waals surface area contributed by atoms with E-state index in [0.717, 1.165) is 33.7 Å². The number of hydrogen-bond acceptors (Lipinski definition) is 0. The van der Waals surface area contributed by atoms with Crippen LogP contribution in [0.3, 0.4) is 0 Å². The summed E-state index contributed by atoms with van der Waals surface area (Å²) in [6.45, 7) is 4.24. The van der Waals surface area contributed by atoms with E-state index in [1.54, 1.807) is 6.07 Å². The topological polar surface area (TPSA) is 0 Å². The molecule has 0 spiro atoms. The second-order valence-corrected chi connectivity index (χ2v) is 8.51. The third kappa shape index (κ3) is 3.66. The summed E-state index contributed by atoms with van der Waals surface area (Å²) in [6.07, 6.45) is 9.99. The lowest BCUT2D eigenvalue weighted by molar-refractivity contribution is 0.318. The van der Waals surface area contributed by atoms with Gasteiger partial charge in [-0.05, 0) is 90.7 Å². The molecule has 0 aromatic heterocycles. The van der Waals surface area contributed by atoms with E-state index in [0.29, 0.717) is 30.7 Å². The van der Waals surface area contributed by atoms with Crippen LogP contribution in [0.25, 0.3) is 5.57 Å². The van der Waals surface area contributed by atoms with E-state index in [-0.39, 0.29) is 11.6 Å². The average molecular weight is 381 g/mol. The number of rotatable bonds is 4. The molecule has 2 aromatic carbocycles. The smallest absolute Gasteiger partial charge is 0.130 e. The Morgan fingerprint density at radius 2 is 1.75 bits per heavy atom. The van der Waals surface area contributed by atoms with E-state index in [2.05, 4.69) is 13.0 Å². The van der Waals surface area contributed by atoms with Crippen LogP contribution in [0, 0.1) is 17.6 Å². The van der Waals surface area contributed by atoms with Crippen LogP contribution in [0.15, 0.2) is 36.4 Å². The molecule has 0 bridgehead atoms. The minimum absolute atomic E-state index is 0.0752. The van der Waals surface area contributed by atoms with Gasteiger partial charge in [0.25, 0.3) is 0 Å². The Kier molecular flexibility index (Phi) is 5.66. The monoisotopic (exact) mass is 380 g/mol. The van der Waals surface area contributed by atoms with Crippen LogP contribution in [0.4, 0.5) is 8.78 Å². The molecule has 4 rings (SSSR count). The summed E-state index contributed by atoms with van der Waals surface area (Å²) in [7, 11) is 0. The Morgan fingerprint density at radius 3 is 2.43 bits per heavy atom. The molecule has 0 radical (unpaired) electrons. The molecule has 2 aliphatic carbocycles. The molecule has 2 heteroatoms. The Morgan fingerprint density at radius 1 is 0.964 bits per heavy atom. The SMILES string of the molecule is CCc1ccc2c(c1F)CC=C(c1ccc(C3CCC(CC)CC3)cc1F)C2. The maximum absolute atomic E-state index is 15.0. The molecule has 148 valence electrons. The molecule has 0 N–H and O–H groups in total. The number of allylic oxidation sites excluding steroid dienone is 2. The molecule has 0 aliphatic heterocycles. The summed E-state index contributed by atoms with van der Waals surface area (Å²) in [5.74, 6) is 1.14. The van der Waals surface area contributed by atoms with Crippen LogP contribution in [0.2, 0.25) is 0 Å². The van der Waals surface area contributed by atoms with Crippen molar-refractivity contribution in [3.63, 3.8) is 0 Å². The van der Waals surface area contributed by atoms with Crippen LogP contribution in [0.1, 0.15) is 79.7 Å². The van der Waals surface area contributed by atoms with E-state index in [1.807, 2.05) is 31.2 Å². The molecule has 0 atom stereocenters. The van der Waals surface area contributed by atoms with E-state index in [9.17, 15) is 8.78 Å². The summed E-state index contributed by atoms with van der Waals surface area (Å²) >= 11 is 0. The first-order valence-corrected chi connectivity index (χ1v) is 10.9. The van der Waals surface area contributed by atoms with Gasteiger partial charge < -0.3 is 0 Å². The molecule has 2 aliphatic rings. The Labute approximate surface area is 167 Å². The van der Waals surface area contributed by atoms with Gasteiger partial charge in [0.05, 0.1) is 0 Å². The lowest BCUT2D eigenvalue weighted by Crippen LogP contribution is -2.13. The molecule has 1 fully saturated rings. The van der Waals surface area contributed by atoms with Gasteiger partial charge in [-0.2, -0.15) is 0 Å². The largest absolute Gasteiger partial charge is 0.206 e. The normalized spacial score (nSPS) is 21.9. The van der Waals surface area contributed by atoms with Crippen molar-refractivity contribution in [2.24, 2.45) is 5.92 Å². The van der Waals surface area contributed by atoms with Gasteiger partial charge >= 0.3 is 0 Å². The Hall–Kier alpha value is -1.96. The van der Waals surface area contributed by atoms with Crippen LogP contribution >= 0.6 is 0 Å². The molecule has 0 unspecified atom stereocenters. The molecular formula is C26H30F2. The highest BCUT2D eigenvalue weighted by molar-refractivity contribution is 5.71. The fourth-order valence-corrected chi connectivity index (χ4v) is 5.03. The Bertz CT molecular complexity index is 886. The number of halogens is 2. The van der Waals surface area contributed by atoms with Crippen LogP contribution in [-0.4, -0.2) is 0 Å². The predicted molar refractivity (Wildman–Crippen MR) is 113 cm³/mol. The zero-order valence-corrected chi connectivity index (χ0v) is 17.0. The van der Waals surface area contributed by atoms with Gasteiger partial charge in [-0.15, -0.1) is 0 Å². The molecule has 0 nitrogen and oxygen atoms in total. The fourth-order valence-electron chi connectivity index (χ4n) is 5.03. The van der Waals surface area contributed by atoms with E-state index in [4.69, 9.17) is 0 Å². The summed E-state index contributed by atoms with van der Waals surface area (Å²) in [5.41, 5.74) is 5.35. The van der Waals surface area contributed by atoms with E-state index >= 15 is 0 Å². The standard InChI is InChI=1S/C26H30F2/c1-3-17-5-7-19(8-6-17)20-11-13-23(25(27)16-20)21-12-14-24-22(15-21)10-9-18(4-2)26(24)28/h9-13,16-17,19H,3-8,14-15H2,1-2H3. The third-order valence-corrected chi connectivity index (χ3v) is 6.97. The molecule has 1 saturated carbocycles. The molecule has 2 aromatic rings. The second-order valence-electron chi connectivity index (χ2n) is 8.51. The minimum Gasteiger partial charge on any atom is -0.206 e. The lowest BCUT2D eigenvalue weighted by Gasteiger charge is -2.28. The summed E-state index contributed by atoms with van der Waals surface area (Å²) < 4.78 is 29.6.